The Morgan fingerprint density at radius 1 is 0.939 bits per heavy atom. The molecule has 7 nitrogen and oxygen atoms in total. The molecule has 0 saturated carbocycles. The fourth-order valence-electron chi connectivity index (χ4n) is 4.08. The first-order valence-electron chi connectivity index (χ1n) is 10.8. The highest BCUT2D eigenvalue weighted by Crippen LogP contribution is 2.31. The Labute approximate surface area is 190 Å². The average molecular weight is 449 g/mol. The van der Waals surface area contributed by atoms with Gasteiger partial charge in [-0.1, -0.05) is 42.5 Å². The van der Waals surface area contributed by atoms with Gasteiger partial charge in [0.2, 0.25) is 5.91 Å². The van der Waals surface area contributed by atoms with Crippen molar-refractivity contribution in [2.45, 2.75) is 18.9 Å². The van der Waals surface area contributed by atoms with Crippen molar-refractivity contribution in [2.24, 2.45) is 0 Å². The zero-order valence-electron chi connectivity index (χ0n) is 17.9. The molecule has 1 aliphatic heterocycles. The van der Waals surface area contributed by atoms with Crippen LogP contribution in [0.5, 0.6) is 5.75 Å². The highest BCUT2D eigenvalue weighted by atomic mass is 19.1. The third kappa shape index (κ3) is 4.64. The third-order valence-electron chi connectivity index (χ3n) is 5.78. The van der Waals surface area contributed by atoms with Crippen LogP contribution in [0.4, 0.5) is 4.39 Å². The van der Waals surface area contributed by atoms with Crippen LogP contribution in [0.15, 0.2) is 60.7 Å². The Hall–Kier alpha value is -3.94. The number of rotatable bonds is 6. The summed E-state index contributed by atoms with van der Waals surface area (Å²) in [5, 5.41) is 17.3. The van der Waals surface area contributed by atoms with Gasteiger partial charge in [0.1, 0.15) is 17.6 Å². The maximum atomic E-state index is 13.7. The molecule has 3 aromatic carbocycles. The summed E-state index contributed by atoms with van der Waals surface area (Å²) in [6.45, 7) is 0.664. The molecule has 1 aliphatic rings. The Bertz CT molecular complexity index is 1210. The van der Waals surface area contributed by atoms with Crippen LogP contribution in [-0.2, 0) is 4.79 Å². The molecule has 4 rings (SSSR count). The van der Waals surface area contributed by atoms with Crippen molar-refractivity contribution in [1.29, 1.82) is 0 Å². The molecule has 3 N–H and O–H groups in total. The molecule has 1 fully saturated rings. The van der Waals surface area contributed by atoms with Crippen LogP contribution in [0.25, 0.3) is 10.8 Å². The number of benzene rings is 3. The first-order chi connectivity index (χ1) is 16.0. The van der Waals surface area contributed by atoms with E-state index in [9.17, 15) is 23.9 Å². The highest BCUT2D eigenvalue weighted by molar-refractivity contribution is 6.05. The van der Waals surface area contributed by atoms with Crippen LogP contribution in [0.3, 0.4) is 0 Å². The van der Waals surface area contributed by atoms with Crippen molar-refractivity contribution in [3.05, 3.63) is 77.6 Å². The van der Waals surface area contributed by atoms with Crippen molar-refractivity contribution in [1.82, 2.24) is 15.5 Å². The van der Waals surface area contributed by atoms with Crippen LogP contribution < -0.4 is 10.6 Å². The summed E-state index contributed by atoms with van der Waals surface area (Å²) in [7, 11) is 0. The Balaban J connectivity index is 1.35. The number of hydrogen-bond acceptors (Lipinski definition) is 4. The molecule has 0 aliphatic carbocycles. The maximum Gasteiger partial charge on any atom is 0.258 e. The minimum absolute atomic E-state index is 0.0633. The monoisotopic (exact) mass is 449 g/mol. The van der Waals surface area contributed by atoms with Crippen LogP contribution in [0.1, 0.15) is 33.6 Å². The van der Waals surface area contributed by atoms with E-state index in [0.717, 1.165) is 5.39 Å². The lowest BCUT2D eigenvalue weighted by Crippen LogP contribution is -2.47. The van der Waals surface area contributed by atoms with Crippen molar-refractivity contribution in [3.8, 4) is 5.75 Å². The van der Waals surface area contributed by atoms with E-state index in [0.29, 0.717) is 24.8 Å². The lowest BCUT2D eigenvalue weighted by Gasteiger charge is -2.24. The van der Waals surface area contributed by atoms with Crippen molar-refractivity contribution in [3.63, 3.8) is 0 Å². The molecule has 1 heterocycles. The van der Waals surface area contributed by atoms with Gasteiger partial charge < -0.3 is 20.6 Å². The van der Waals surface area contributed by atoms with E-state index in [-0.39, 0.29) is 35.9 Å². The van der Waals surface area contributed by atoms with Gasteiger partial charge in [0.05, 0.1) is 11.1 Å². The van der Waals surface area contributed by atoms with Gasteiger partial charge in [-0.2, -0.15) is 0 Å². The van der Waals surface area contributed by atoms with E-state index in [1.54, 1.807) is 30.3 Å². The van der Waals surface area contributed by atoms with Crippen LogP contribution in [-0.4, -0.2) is 53.4 Å². The number of hydrogen-bond donors (Lipinski definition) is 3. The number of carbonyl (C=O) groups is 3. The molecular weight excluding hydrogens is 425 g/mol. The second-order valence-corrected chi connectivity index (χ2v) is 7.87. The number of carbonyl (C=O) groups excluding carboxylic acids is 3. The first kappa shape index (κ1) is 22.3. The molecule has 33 heavy (non-hydrogen) atoms. The van der Waals surface area contributed by atoms with Gasteiger partial charge in [0, 0.05) is 25.0 Å². The quantitative estimate of drug-likeness (QED) is 0.504. The number of phenols is 1. The first-order valence-corrected chi connectivity index (χ1v) is 10.8. The molecule has 0 radical (unpaired) electrons. The number of phenolic OH excluding ortho intramolecular Hbond substituents is 1. The topological polar surface area (TPSA) is 98.7 Å². The van der Waals surface area contributed by atoms with Crippen molar-refractivity contribution in [2.75, 3.05) is 19.6 Å². The molecule has 3 amide bonds. The molecule has 8 heteroatoms. The number of amides is 3. The summed E-state index contributed by atoms with van der Waals surface area (Å²) in [6.07, 6.45) is 1.18. The highest BCUT2D eigenvalue weighted by Gasteiger charge is 2.35. The number of halogens is 1. The number of fused-ring (bicyclic) bond motifs is 1. The average Bonchev–Trinajstić information content (AvgIpc) is 3.32. The number of likely N-dealkylation sites (tertiary alicyclic amines) is 1. The summed E-state index contributed by atoms with van der Waals surface area (Å²) >= 11 is 0. The Morgan fingerprint density at radius 3 is 2.48 bits per heavy atom. The van der Waals surface area contributed by atoms with Gasteiger partial charge in [-0.3, -0.25) is 14.4 Å². The van der Waals surface area contributed by atoms with E-state index in [4.69, 9.17) is 0 Å². The molecular formula is C25H24FN3O4. The largest absolute Gasteiger partial charge is 0.506 e. The lowest BCUT2D eigenvalue weighted by atomic mass is 10.0. The van der Waals surface area contributed by atoms with Gasteiger partial charge in [-0.25, -0.2) is 4.39 Å². The zero-order valence-corrected chi connectivity index (χ0v) is 17.9. The summed E-state index contributed by atoms with van der Waals surface area (Å²) in [5.74, 6) is -2.01. The Morgan fingerprint density at radius 2 is 1.67 bits per heavy atom. The van der Waals surface area contributed by atoms with Gasteiger partial charge in [0.15, 0.2) is 0 Å². The molecule has 0 spiro atoms. The number of nitrogens with zero attached hydrogens (tertiary/aromatic N) is 1. The lowest BCUT2D eigenvalue weighted by molar-refractivity contribution is -0.124. The van der Waals surface area contributed by atoms with E-state index < -0.39 is 23.7 Å². The second-order valence-electron chi connectivity index (χ2n) is 7.87. The van der Waals surface area contributed by atoms with Crippen LogP contribution >= 0.6 is 0 Å². The van der Waals surface area contributed by atoms with Crippen LogP contribution in [0.2, 0.25) is 0 Å². The molecule has 1 atom stereocenters. The summed E-state index contributed by atoms with van der Waals surface area (Å²) in [5.41, 5.74) is 0.0946. The van der Waals surface area contributed by atoms with E-state index in [1.165, 1.54) is 23.1 Å². The third-order valence-corrected chi connectivity index (χ3v) is 5.78. The minimum atomic E-state index is -0.661. The van der Waals surface area contributed by atoms with Crippen LogP contribution in [0, 0.1) is 5.82 Å². The predicted molar refractivity (Wildman–Crippen MR) is 121 cm³/mol. The fraction of sp³-hybridized carbons (Fsp3) is 0.240. The normalized spacial score (nSPS) is 15.4. The molecule has 0 aromatic heterocycles. The van der Waals surface area contributed by atoms with E-state index >= 15 is 0 Å². The second kappa shape index (κ2) is 9.68. The number of aromatic hydroxyl groups is 1. The standard InChI is InChI=1S/C25H24FN3O4/c26-20-9-4-3-8-18(20)23(31)27-13-14-28-24(32)21-10-5-15-29(21)25(33)19-12-11-16-6-1-2-7-17(16)22(19)30/h1-4,6-9,11-12,21,30H,5,10,13-15H2,(H,27,31)(H,28,32). The molecule has 0 bridgehead atoms. The molecule has 3 aromatic rings. The van der Waals surface area contributed by atoms with E-state index in [1.807, 2.05) is 12.1 Å². The van der Waals surface area contributed by atoms with Gasteiger partial charge >= 0.3 is 0 Å². The Kier molecular flexibility index (Phi) is 6.53. The molecule has 1 saturated heterocycles. The van der Waals surface area contributed by atoms with Gasteiger partial charge in [0.25, 0.3) is 11.8 Å². The van der Waals surface area contributed by atoms with Gasteiger partial charge in [-0.15, -0.1) is 0 Å². The summed E-state index contributed by atoms with van der Waals surface area (Å²) in [6, 6.07) is 15.6. The zero-order chi connectivity index (χ0) is 23.4. The van der Waals surface area contributed by atoms with Gasteiger partial charge in [-0.05, 0) is 36.4 Å². The predicted octanol–water partition coefficient (Wildman–Crippen LogP) is 2.84. The van der Waals surface area contributed by atoms with Crippen molar-refractivity contribution < 1.29 is 23.9 Å². The number of nitrogens with one attached hydrogen (secondary N) is 2. The van der Waals surface area contributed by atoms with E-state index in [2.05, 4.69) is 10.6 Å². The minimum Gasteiger partial charge on any atom is -0.506 e. The maximum absolute atomic E-state index is 13.7. The van der Waals surface area contributed by atoms with Crippen molar-refractivity contribution >= 4 is 28.5 Å². The smallest absolute Gasteiger partial charge is 0.258 e. The summed E-state index contributed by atoms with van der Waals surface area (Å²) < 4.78 is 13.7. The SMILES string of the molecule is O=C(NCCNC(=O)C1CCCN1C(=O)c1ccc2ccccc2c1O)c1ccccc1F. The summed E-state index contributed by atoms with van der Waals surface area (Å²) in [4.78, 5) is 39.4. The molecule has 1 unspecified atom stereocenters. The molecule has 170 valence electrons. The fourth-order valence-corrected chi connectivity index (χ4v) is 4.08.